The lowest BCUT2D eigenvalue weighted by atomic mass is 10.0. The summed E-state index contributed by atoms with van der Waals surface area (Å²) in [5, 5.41) is 24.3. The number of aromatic hydroxyl groups is 1. The Morgan fingerprint density at radius 1 is 1.13 bits per heavy atom. The van der Waals surface area contributed by atoms with E-state index in [1.165, 1.54) is 6.07 Å². The number of aromatic amines is 1. The normalized spacial score (nSPS) is 11.6. The van der Waals surface area contributed by atoms with Crippen molar-refractivity contribution in [1.82, 2.24) is 15.3 Å². The van der Waals surface area contributed by atoms with E-state index in [1.807, 2.05) is 39.0 Å². The van der Waals surface area contributed by atoms with Gasteiger partial charge in [-0.25, -0.2) is 14.6 Å². The Morgan fingerprint density at radius 3 is 2.55 bits per heavy atom. The quantitative estimate of drug-likeness (QED) is 0.426. The Hall–Kier alpha value is -4.14. The summed E-state index contributed by atoms with van der Waals surface area (Å²) < 4.78 is 0. The molecule has 0 bridgehead atoms. The SMILES string of the molecule is Cc1ccc(C(C)NC(=O)Nc2cccc(-c3nc(C(=O)O)c(O)c(=O)[nH]3)c2)c(C)c1. The number of amides is 2. The van der Waals surface area contributed by atoms with E-state index >= 15 is 0 Å². The number of aromatic carboxylic acids is 1. The number of nitrogens with one attached hydrogen (secondary N) is 3. The second kappa shape index (κ2) is 8.70. The lowest BCUT2D eigenvalue weighted by Gasteiger charge is -2.18. The van der Waals surface area contributed by atoms with Crippen LogP contribution in [0, 0.1) is 13.8 Å². The van der Waals surface area contributed by atoms with Gasteiger partial charge < -0.3 is 25.8 Å². The molecule has 2 amide bonds. The van der Waals surface area contributed by atoms with E-state index in [2.05, 4.69) is 20.6 Å². The van der Waals surface area contributed by atoms with Crippen molar-refractivity contribution >= 4 is 17.7 Å². The molecular formula is C22H22N4O5. The molecule has 1 heterocycles. The molecule has 0 fully saturated rings. The number of rotatable bonds is 5. The smallest absolute Gasteiger partial charge is 0.358 e. The van der Waals surface area contributed by atoms with Gasteiger partial charge in [-0.1, -0.05) is 35.9 Å². The molecule has 0 aliphatic heterocycles. The number of aromatic nitrogens is 2. The Bertz CT molecular complexity index is 1220. The van der Waals surface area contributed by atoms with Crippen molar-refractivity contribution in [2.24, 2.45) is 0 Å². The van der Waals surface area contributed by atoms with Crippen LogP contribution in [-0.4, -0.2) is 32.2 Å². The minimum absolute atomic E-state index is 0.0482. The number of benzene rings is 2. The van der Waals surface area contributed by atoms with Crippen LogP contribution < -0.4 is 16.2 Å². The van der Waals surface area contributed by atoms with Crippen molar-refractivity contribution in [2.45, 2.75) is 26.8 Å². The molecule has 3 aromatic rings. The van der Waals surface area contributed by atoms with Gasteiger partial charge in [0.2, 0.25) is 5.75 Å². The van der Waals surface area contributed by atoms with Gasteiger partial charge in [-0.15, -0.1) is 0 Å². The predicted molar refractivity (Wildman–Crippen MR) is 115 cm³/mol. The first kappa shape index (κ1) is 21.6. The number of aryl methyl sites for hydroxylation is 2. The van der Waals surface area contributed by atoms with Crippen molar-refractivity contribution < 1.29 is 19.8 Å². The number of urea groups is 1. The summed E-state index contributed by atoms with van der Waals surface area (Å²) in [6.45, 7) is 5.87. The summed E-state index contributed by atoms with van der Waals surface area (Å²) in [6, 6.07) is 11.7. The summed E-state index contributed by atoms with van der Waals surface area (Å²) >= 11 is 0. The van der Waals surface area contributed by atoms with Crippen LogP contribution in [0.1, 0.15) is 40.1 Å². The van der Waals surface area contributed by atoms with Crippen LogP contribution in [-0.2, 0) is 0 Å². The zero-order valence-electron chi connectivity index (χ0n) is 17.2. The summed E-state index contributed by atoms with van der Waals surface area (Å²) in [6.07, 6.45) is 0. The largest absolute Gasteiger partial charge is 0.501 e. The maximum atomic E-state index is 12.5. The minimum Gasteiger partial charge on any atom is -0.501 e. The molecule has 0 saturated carbocycles. The van der Waals surface area contributed by atoms with Gasteiger partial charge in [0, 0.05) is 11.3 Å². The molecule has 0 saturated heterocycles. The molecule has 0 radical (unpaired) electrons. The third kappa shape index (κ3) is 4.89. The highest BCUT2D eigenvalue weighted by Crippen LogP contribution is 2.22. The van der Waals surface area contributed by atoms with Crippen LogP contribution in [0.3, 0.4) is 0 Å². The average molecular weight is 422 g/mol. The highest BCUT2D eigenvalue weighted by atomic mass is 16.4. The van der Waals surface area contributed by atoms with E-state index in [-0.39, 0.29) is 11.9 Å². The lowest BCUT2D eigenvalue weighted by Crippen LogP contribution is -2.31. The lowest BCUT2D eigenvalue weighted by molar-refractivity contribution is 0.0686. The molecule has 1 atom stereocenters. The first-order valence-electron chi connectivity index (χ1n) is 9.47. The number of carboxylic acid groups (broad SMARTS) is 1. The van der Waals surface area contributed by atoms with Gasteiger partial charge in [-0.05, 0) is 44.0 Å². The van der Waals surface area contributed by atoms with Crippen LogP contribution in [0.2, 0.25) is 0 Å². The summed E-state index contributed by atoms with van der Waals surface area (Å²) in [5.41, 5.74) is 2.27. The molecule has 9 heteroatoms. The van der Waals surface area contributed by atoms with Crippen LogP contribution in [0.4, 0.5) is 10.5 Å². The van der Waals surface area contributed by atoms with Crippen LogP contribution in [0.25, 0.3) is 11.4 Å². The third-order valence-corrected chi connectivity index (χ3v) is 4.73. The first-order chi connectivity index (χ1) is 14.7. The zero-order chi connectivity index (χ0) is 22.7. The van der Waals surface area contributed by atoms with Gasteiger partial charge in [-0.2, -0.15) is 0 Å². The molecule has 31 heavy (non-hydrogen) atoms. The van der Waals surface area contributed by atoms with Crippen molar-refractivity contribution in [1.29, 1.82) is 0 Å². The fraction of sp³-hybridized carbons (Fsp3) is 0.182. The number of hydrogen-bond donors (Lipinski definition) is 5. The Morgan fingerprint density at radius 2 is 1.87 bits per heavy atom. The highest BCUT2D eigenvalue weighted by Gasteiger charge is 2.18. The third-order valence-electron chi connectivity index (χ3n) is 4.73. The Kier molecular flexibility index (Phi) is 6.05. The summed E-state index contributed by atoms with van der Waals surface area (Å²) in [4.78, 5) is 41.6. The van der Waals surface area contributed by atoms with E-state index in [4.69, 9.17) is 5.11 Å². The predicted octanol–water partition coefficient (Wildman–Crippen LogP) is 3.34. The molecule has 5 N–H and O–H groups in total. The monoisotopic (exact) mass is 422 g/mol. The molecule has 0 spiro atoms. The highest BCUT2D eigenvalue weighted by molar-refractivity contribution is 5.91. The van der Waals surface area contributed by atoms with E-state index in [0.29, 0.717) is 11.3 Å². The van der Waals surface area contributed by atoms with E-state index in [9.17, 15) is 19.5 Å². The van der Waals surface area contributed by atoms with E-state index in [0.717, 1.165) is 16.7 Å². The number of carbonyl (C=O) groups excluding carboxylic acids is 1. The molecule has 0 aliphatic rings. The topological polar surface area (TPSA) is 144 Å². The maximum absolute atomic E-state index is 12.5. The number of carboxylic acids is 1. The Labute approximate surface area is 177 Å². The van der Waals surface area contributed by atoms with Gasteiger partial charge in [0.1, 0.15) is 5.82 Å². The molecule has 1 unspecified atom stereocenters. The van der Waals surface area contributed by atoms with Gasteiger partial charge in [0.05, 0.1) is 6.04 Å². The van der Waals surface area contributed by atoms with Crippen molar-refractivity contribution in [2.75, 3.05) is 5.32 Å². The summed E-state index contributed by atoms with van der Waals surface area (Å²) in [7, 11) is 0. The second-order valence-electron chi connectivity index (χ2n) is 7.18. The van der Waals surface area contributed by atoms with Crippen LogP contribution >= 0.6 is 0 Å². The molecular weight excluding hydrogens is 400 g/mol. The van der Waals surface area contributed by atoms with Gasteiger partial charge >= 0.3 is 12.0 Å². The Balaban J connectivity index is 1.79. The second-order valence-corrected chi connectivity index (χ2v) is 7.18. The van der Waals surface area contributed by atoms with Crippen molar-refractivity contribution in [3.05, 3.63) is 75.2 Å². The zero-order valence-corrected chi connectivity index (χ0v) is 17.2. The van der Waals surface area contributed by atoms with E-state index in [1.54, 1.807) is 18.2 Å². The van der Waals surface area contributed by atoms with Crippen molar-refractivity contribution in [3.63, 3.8) is 0 Å². The van der Waals surface area contributed by atoms with E-state index < -0.39 is 29.0 Å². The molecule has 0 aliphatic carbocycles. The van der Waals surface area contributed by atoms with Gasteiger partial charge in [0.15, 0.2) is 5.69 Å². The number of H-pyrrole nitrogens is 1. The first-order valence-corrected chi connectivity index (χ1v) is 9.47. The van der Waals surface area contributed by atoms with Crippen LogP contribution in [0.5, 0.6) is 5.75 Å². The van der Waals surface area contributed by atoms with Gasteiger partial charge in [-0.3, -0.25) is 4.79 Å². The molecule has 1 aromatic heterocycles. The van der Waals surface area contributed by atoms with Gasteiger partial charge in [0.25, 0.3) is 5.56 Å². The number of hydrogen-bond acceptors (Lipinski definition) is 5. The standard InChI is InChI=1S/C22H22N4O5/c1-11-7-8-16(12(2)9-11)13(3)23-22(31)24-15-6-4-5-14(10-15)19-25-17(21(29)30)18(27)20(28)26-19/h4-10,13,27H,1-3H3,(H,29,30)(H2,23,24,31)(H,25,26,28). The molecule has 160 valence electrons. The molecule has 3 rings (SSSR count). The molecule has 9 nitrogen and oxygen atoms in total. The number of anilines is 1. The number of nitrogens with zero attached hydrogens (tertiary/aromatic N) is 1. The van der Waals surface area contributed by atoms with Crippen molar-refractivity contribution in [3.8, 4) is 17.1 Å². The number of carbonyl (C=O) groups is 2. The fourth-order valence-electron chi connectivity index (χ4n) is 3.25. The fourth-order valence-corrected chi connectivity index (χ4v) is 3.25. The molecule has 2 aromatic carbocycles. The summed E-state index contributed by atoms with van der Waals surface area (Å²) in [5.74, 6) is -2.54. The van der Waals surface area contributed by atoms with Crippen LogP contribution in [0.15, 0.2) is 47.3 Å². The minimum atomic E-state index is -1.53. The average Bonchev–Trinajstić information content (AvgIpc) is 2.69. The maximum Gasteiger partial charge on any atom is 0.358 e.